The van der Waals surface area contributed by atoms with Gasteiger partial charge in [0.25, 0.3) is 11.3 Å². The van der Waals surface area contributed by atoms with Crippen molar-refractivity contribution in [3.05, 3.63) is 240 Å². The van der Waals surface area contributed by atoms with E-state index in [0.29, 0.717) is 21.4 Å². The number of aromatic nitrogens is 1. The summed E-state index contributed by atoms with van der Waals surface area (Å²) in [5.41, 5.74) is -2.04. The van der Waals surface area contributed by atoms with Crippen molar-refractivity contribution in [2.75, 3.05) is 0 Å². The summed E-state index contributed by atoms with van der Waals surface area (Å²) in [7, 11) is -6.65. The van der Waals surface area contributed by atoms with E-state index in [-0.39, 0.29) is 66.0 Å². The Bertz CT molecular complexity index is 3360. The van der Waals surface area contributed by atoms with Crippen LogP contribution in [0.5, 0.6) is 5.75 Å². The molecule has 1 aromatic heterocycles. The standard InChI is InChI=1S/C34H26O2P2.C21H12F3NO3.Eu/c35-37(28-17-5-1-6-18-28,29-19-7-2-8-20-29)32-25-13-15-27-16-14-26-33(34(27)32)38(36,30-21-9-3-10-22-30)31-23-11-4-12-24-31;22-21(23,24)19(27)17-18(26)16-14-9-5-4-6-12(14)10-11-15(16)25(20(17)28)13-7-2-1-3-8-13;/h1-26H;1-11,26H;. The Morgan fingerprint density at radius 2 is 0.851 bits per heavy atom. The van der Waals surface area contributed by atoms with E-state index in [1.165, 1.54) is 18.2 Å². The van der Waals surface area contributed by atoms with Crippen molar-refractivity contribution in [2.24, 2.45) is 0 Å². The Kier molecular flexibility index (Phi) is 14.0. The maximum atomic E-state index is 15.5. The number of halogens is 3. The minimum absolute atomic E-state index is 0. The number of alkyl halides is 3. The molecule has 0 saturated carbocycles. The van der Waals surface area contributed by atoms with Gasteiger partial charge in [-0.15, -0.1) is 0 Å². The number of rotatable bonds is 8. The third-order valence-corrected chi connectivity index (χ3v) is 17.8. The third kappa shape index (κ3) is 8.74. The van der Waals surface area contributed by atoms with Crippen molar-refractivity contribution in [3.63, 3.8) is 0 Å². The second-order valence-electron chi connectivity index (χ2n) is 15.4. The molecule has 0 atom stereocenters. The largest absolute Gasteiger partial charge is 0.506 e. The Balaban J connectivity index is 0.000000187. The molecule has 0 saturated heterocycles. The fourth-order valence-corrected chi connectivity index (χ4v) is 14.4. The van der Waals surface area contributed by atoms with E-state index in [9.17, 15) is 27.9 Å². The number of nitrogens with zero attached hydrogens (tertiary/aromatic N) is 1. The molecule has 0 fully saturated rings. The molecule has 6 nitrogen and oxygen atoms in total. The fourth-order valence-electron chi connectivity index (χ4n) is 8.56. The van der Waals surface area contributed by atoms with Crippen LogP contribution in [0.1, 0.15) is 10.4 Å². The average molecular weight is 1060 g/mol. The Hall–Kier alpha value is -5.99. The molecule has 12 heteroatoms. The van der Waals surface area contributed by atoms with Gasteiger partial charge in [-0.3, -0.25) is 14.2 Å². The molecule has 10 aromatic rings. The minimum Gasteiger partial charge on any atom is -0.506 e. The zero-order chi connectivity index (χ0) is 46.1. The van der Waals surface area contributed by atoms with E-state index in [2.05, 4.69) is 0 Å². The molecule has 1 N–H and O–H groups in total. The van der Waals surface area contributed by atoms with Crippen LogP contribution in [-0.4, -0.2) is 21.6 Å². The molecule has 0 amide bonds. The van der Waals surface area contributed by atoms with Gasteiger partial charge >= 0.3 is 6.18 Å². The number of benzene rings is 9. The van der Waals surface area contributed by atoms with E-state index >= 15 is 9.13 Å². The number of aromatic hydroxyl groups is 1. The molecule has 0 aliphatic rings. The van der Waals surface area contributed by atoms with Crippen LogP contribution in [0, 0.1) is 49.4 Å². The van der Waals surface area contributed by atoms with Crippen LogP contribution in [0.4, 0.5) is 13.2 Å². The molecule has 10 rings (SSSR count). The third-order valence-electron chi connectivity index (χ3n) is 11.6. The zero-order valence-corrected chi connectivity index (χ0v) is 39.5. The van der Waals surface area contributed by atoms with Crippen molar-refractivity contribution in [3.8, 4) is 11.4 Å². The van der Waals surface area contributed by atoms with Gasteiger partial charge in [-0.2, -0.15) is 13.2 Å². The monoisotopic (exact) mass is 1060 g/mol. The van der Waals surface area contributed by atoms with Gasteiger partial charge in [-0.1, -0.05) is 206 Å². The number of hydrogen-bond donors (Lipinski definition) is 1. The van der Waals surface area contributed by atoms with Crippen LogP contribution in [0.2, 0.25) is 0 Å². The molecule has 331 valence electrons. The molecule has 0 spiro atoms. The van der Waals surface area contributed by atoms with Gasteiger partial charge in [-0.05, 0) is 34.4 Å². The minimum atomic E-state index is -5.30. The Labute approximate surface area is 424 Å². The van der Waals surface area contributed by atoms with Crippen molar-refractivity contribution in [1.29, 1.82) is 0 Å². The summed E-state index contributed by atoms with van der Waals surface area (Å²) in [5, 5.41) is 17.8. The van der Waals surface area contributed by atoms with Gasteiger partial charge in [0.2, 0.25) is 0 Å². The zero-order valence-electron chi connectivity index (χ0n) is 35.3. The van der Waals surface area contributed by atoms with E-state index in [1.54, 1.807) is 48.5 Å². The van der Waals surface area contributed by atoms with Crippen molar-refractivity contribution in [2.45, 2.75) is 6.18 Å². The smallest absolute Gasteiger partial charge is 0.455 e. The number of pyridine rings is 1. The first-order valence-corrected chi connectivity index (χ1v) is 24.3. The summed E-state index contributed by atoms with van der Waals surface area (Å²) in [5.74, 6) is -3.35. The average Bonchev–Trinajstić information content (AvgIpc) is 3.36. The Morgan fingerprint density at radius 1 is 0.463 bits per heavy atom. The van der Waals surface area contributed by atoms with Crippen LogP contribution in [0.3, 0.4) is 0 Å². The predicted octanol–water partition coefficient (Wildman–Crippen LogP) is 10.7. The molecular formula is C55H38EuF3NO5P2. The van der Waals surface area contributed by atoms with E-state index < -0.39 is 43.1 Å². The van der Waals surface area contributed by atoms with Crippen LogP contribution >= 0.6 is 14.3 Å². The van der Waals surface area contributed by atoms with E-state index in [1.807, 2.05) is 158 Å². The summed E-state index contributed by atoms with van der Waals surface area (Å²) >= 11 is 0. The number of carbonyl (C=O) groups excluding carboxylic acids is 1. The fraction of sp³-hybridized carbons (Fsp3) is 0.0182. The summed E-state index contributed by atoms with van der Waals surface area (Å²) in [6, 6.07) is 68.4. The molecule has 0 bridgehead atoms. The summed E-state index contributed by atoms with van der Waals surface area (Å²) in [4.78, 5) is 24.9. The summed E-state index contributed by atoms with van der Waals surface area (Å²) in [6.45, 7) is 0. The van der Waals surface area contributed by atoms with Gasteiger partial charge < -0.3 is 14.2 Å². The van der Waals surface area contributed by atoms with Crippen LogP contribution in [0.25, 0.3) is 38.1 Å². The Morgan fingerprint density at radius 3 is 1.28 bits per heavy atom. The van der Waals surface area contributed by atoms with Crippen molar-refractivity contribution in [1.82, 2.24) is 4.57 Å². The van der Waals surface area contributed by atoms with Gasteiger partial charge in [0, 0.05) is 97.7 Å². The number of hydrogen-bond acceptors (Lipinski definition) is 5. The number of fused-ring (bicyclic) bond motifs is 4. The van der Waals surface area contributed by atoms with Crippen LogP contribution < -0.4 is 37.4 Å². The van der Waals surface area contributed by atoms with E-state index in [0.717, 1.165) is 36.6 Å². The number of carbonyl (C=O) groups is 1. The SMILES string of the molecule is O=C(c1c(O)c2c3ccccc3ccc2n(-c2ccccc2)c1=O)C(F)(F)F.O=P(c1ccccc1)(c1ccccc1)c1cccc2cccc(P(=O)(c3ccccc3)c3ccccc3)c12.[Eu]. The van der Waals surface area contributed by atoms with Crippen molar-refractivity contribution < 1.29 is 81.6 Å². The van der Waals surface area contributed by atoms with Gasteiger partial charge in [0.15, 0.2) is 14.3 Å². The second kappa shape index (κ2) is 19.7. The number of para-hydroxylation sites is 1. The van der Waals surface area contributed by atoms with Gasteiger partial charge in [-0.25, -0.2) is 0 Å². The molecule has 1 heterocycles. The van der Waals surface area contributed by atoms with Crippen LogP contribution in [-0.2, 0) is 9.13 Å². The molecule has 0 unspecified atom stereocenters. The van der Waals surface area contributed by atoms with E-state index in [4.69, 9.17) is 0 Å². The van der Waals surface area contributed by atoms with Crippen LogP contribution in [0.15, 0.2) is 229 Å². The first-order valence-electron chi connectivity index (χ1n) is 20.9. The molecule has 0 aliphatic heterocycles. The molecule has 0 aliphatic carbocycles. The normalized spacial score (nSPS) is 11.7. The first-order chi connectivity index (χ1) is 31.9. The van der Waals surface area contributed by atoms with Crippen molar-refractivity contribution >= 4 is 84.3 Å². The number of ketones is 1. The summed E-state index contributed by atoms with van der Waals surface area (Å²) < 4.78 is 71.4. The summed E-state index contributed by atoms with van der Waals surface area (Å²) in [6.07, 6.45) is -5.30. The molecular weight excluding hydrogens is 1030 g/mol. The van der Waals surface area contributed by atoms with Gasteiger partial charge in [0.1, 0.15) is 11.3 Å². The maximum Gasteiger partial charge on any atom is 0.455 e. The quantitative estimate of drug-likeness (QED) is 0.0930. The maximum absolute atomic E-state index is 15.5. The second-order valence-corrected chi connectivity index (χ2v) is 20.9. The molecule has 9 aromatic carbocycles. The number of Topliss-reactive ketones (excluding diaryl/α,β-unsaturated/α-hetero) is 1. The van der Waals surface area contributed by atoms with Gasteiger partial charge in [0.05, 0.1) is 5.52 Å². The first kappa shape index (κ1) is 47.5. The topological polar surface area (TPSA) is 93.4 Å². The molecule has 67 heavy (non-hydrogen) atoms. The molecule has 1 radical (unpaired) electrons. The predicted molar refractivity (Wildman–Crippen MR) is 262 cm³/mol.